The smallest absolute Gasteiger partial charge is 0.222 e. The van der Waals surface area contributed by atoms with Gasteiger partial charge in [-0.2, -0.15) is 0 Å². The lowest BCUT2D eigenvalue weighted by molar-refractivity contribution is -0.130. The van der Waals surface area contributed by atoms with Crippen LogP contribution in [0.1, 0.15) is 26.2 Å². The summed E-state index contributed by atoms with van der Waals surface area (Å²) in [5, 5.41) is 0. The van der Waals surface area contributed by atoms with Gasteiger partial charge in [-0.25, -0.2) is 0 Å². The first kappa shape index (κ1) is 10.5. The van der Waals surface area contributed by atoms with Crippen LogP contribution < -0.4 is 5.73 Å². The number of nitrogens with two attached hydrogens (primary N) is 1. The zero-order chi connectivity index (χ0) is 9.84. The average Bonchev–Trinajstić information content (AvgIpc) is 2.87. The summed E-state index contributed by atoms with van der Waals surface area (Å²) in [6.07, 6.45) is 3.19. The molecule has 76 valence electrons. The highest BCUT2D eigenvalue weighted by Crippen LogP contribution is 2.29. The number of carbonyl (C=O) groups is 1. The minimum Gasteiger partial charge on any atom is -0.345 e. The molecule has 1 fully saturated rings. The number of amides is 1. The molecule has 0 bridgehead atoms. The number of hydrogen-bond donors (Lipinski definition) is 1. The third-order valence-corrected chi connectivity index (χ3v) is 2.58. The molecule has 0 spiro atoms. The number of nitrogens with zero attached hydrogens (tertiary/aromatic N) is 1. The molecule has 0 heterocycles. The van der Waals surface area contributed by atoms with Crippen molar-refractivity contribution in [2.24, 2.45) is 17.6 Å². The average molecular weight is 184 g/mol. The predicted octanol–water partition coefficient (Wildman–Crippen LogP) is 0.840. The van der Waals surface area contributed by atoms with E-state index in [4.69, 9.17) is 5.73 Å². The van der Waals surface area contributed by atoms with Gasteiger partial charge in [0.2, 0.25) is 5.91 Å². The Morgan fingerprint density at radius 3 is 2.69 bits per heavy atom. The minimum absolute atomic E-state index is 0.241. The SMILES string of the molecule is CC(CN)CC(=O)N(C)CC1CC1. The Labute approximate surface area is 80.3 Å². The Bertz CT molecular complexity index is 178. The first-order chi connectivity index (χ1) is 6.13. The van der Waals surface area contributed by atoms with Crippen LogP contribution >= 0.6 is 0 Å². The van der Waals surface area contributed by atoms with Crippen molar-refractivity contribution in [2.45, 2.75) is 26.2 Å². The second-order valence-corrected chi connectivity index (χ2v) is 4.26. The van der Waals surface area contributed by atoms with Crippen LogP contribution in [0.25, 0.3) is 0 Å². The van der Waals surface area contributed by atoms with Crippen LogP contribution in [-0.2, 0) is 4.79 Å². The molecule has 3 nitrogen and oxygen atoms in total. The Morgan fingerprint density at radius 1 is 1.62 bits per heavy atom. The van der Waals surface area contributed by atoms with E-state index in [0.717, 1.165) is 12.5 Å². The maximum absolute atomic E-state index is 11.5. The molecule has 1 rings (SSSR count). The van der Waals surface area contributed by atoms with E-state index in [1.165, 1.54) is 12.8 Å². The second kappa shape index (κ2) is 4.61. The molecular weight excluding hydrogens is 164 g/mol. The van der Waals surface area contributed by atoms with E-state index in [9.17, 15) is 4.79 Å². The van der Waals surface area contributed by atoms with Gasteiger partial charge >= 0.3 is 0 Å². The maximum Gasteiger partial charge on any atom is 0.222 e. The van der Waals surface area contributed by atoms with E-state index in [-0.39, 0.29) is 5.91 Å². The van der Waals surface area contributed by atoms with Gasteiger partial charge in [-0.05, 0) is 31.2 Å². The first-order valence-electron chi connectivity index (χ1n) is 5.07. The van der Waals surface area contributed by atoms with Crippen molar-refractivity contribution in [3.8, 4) is 0 Å². The molecule has 1 unspecified atom stereocenters. The van der Waals surface area contributed by atoms with Crippen LogP contribution in [0.3, 0.4) is 0 Å². The standard InChI is InChI=1S/C10H20N2O/c1-8(6-11)5-10(13)12(2)7-9-3-4-9/h8-9H,3-7,11H2,1-2H3. The fourth-order valence-corrected chi connectivity index (χ4v) is 1.33. The third kappa shape index (κ3) is 3.77. The van der Waals surface area contributed by atoms with Crippen LogP contribution in [0.4, 0.5) is 0 Å². The van der Waals surface area contributed by atoms with Crippen molar-refractivity contribution in [3.05, 3.63) is 0 Å². The van der Waals surface area contributed by atoms with Gasteiger partial charge in [0.15, 0.2) is 0 Å². The molecule has 1 aliphatic carbocycles. The van der Waals surface area contributed by atoms with Crippen LogP contribution in [0.15, 0.2) is 0 Å². The van der Waals surface area contributed by atoms with Crippen LogP contribution in [0, 0.1) is 11.8 Å². The molecule has 0 aromatic carbocycles. The second-order valence-electron chi connectivity index (χ2n) is 4.26. The quantitative estimate of drug-likeness (QED) is 0.688. The number of rotatable bonds is 5. The first-order valence-corrected chi connectivity index (χ1v) is 5.07. The van der Waals surface area contributed by atoms with E-state index in [0.29, 0.717) is 18.9 Å². The Balaban J connectivity index is 2.20. The summed E-state index contributed by atoms with van der Waals surface area (Å²) in [5.74, 6) is 1.33. The molecule has 13 heavy (non-hydrogen) atoms. The summed E-state index contributed by atoms with van der Waals surface area (Å²) in [5.41, 5.74) is 5.46. The van der Waals surface area contributed by atoms with Crippen molar-refractivity contribution in [3.63, 3.8) is 0 Å². The molecule has 0 radical (unpaired) electrons. The zero-order valence-corrected chi connectivity index (χ0v) is 8.62. The fraction of sp³-hybridized carbons (Fsp3) is 0.900. The third-order valence-electron chi connectivity index (χ3n) is 2.58. The summed E-state index contributed by atoms with van der Waals surface area (Å²) < 4.78 is 0. The van der Waals surface area contributed by atoms with Crippen molar-refractivity contribution >= 4 is 5.91 Å². The van der Waals surface area contributed by atoms with Crippen LogP contribution in [-0.4, -0.2) is 30.9 Å². The lowest BCUT2D eigenvalue weighted by Crippen LogP contribution is -2.31. The van der Waals surface area contributed by atoms with Gasteiger partial charge in [0.25, 0.3) is 0 Å². The van der Waals surface area contributed by atoms with Gasteiger partial charge in [0.05, 0.1) is 0 Å². The largest absolute Gasteiger partial charge is 0.345 e. The molecule has 1 aliphatic rings. The summed E-state index contributed by atoms with van der Waals surface area (Å²) in [6, 6.07) is 0. The van der Waals surface area contributed by atoms with Gasteiger partial charge in [0.1, 0.15) is 0 Å². The normalized spacial score (nSPS) is 18.4. The molecule has 2 N–H and O–H groups in total. The van der Waals surface area contributed by atoms with Gasteiger partial charge < -0.3 is 10.6 Å². The van der Waals surface area contributed by atoms with Gasteiger partial charge in [0, 0.05) is 20.0 Å². The Hall–Kier alpha value is -0.570. The highest BCUT2D eigenvalue weighted by atomic mass is 16.2. The number of hydrogen-bond acceptors (Lipinski definition) is 2. The van der Waals surface area contributed by atoms with E-state index in [2.05, 4.69) is 0 Å². The Kier molecular flexibility index (Phi) is 3.72. The van der Waals surface area contributed by atoms with E-state index < -0.39 is 0 Å². The van der Waals surface area contributed by atoms with E-state index >= 15 is 0 Å². The molecule has 0 aliphatic heterocycles. The molecule has 0 aromatic rings. The summed E-state index contributed by atoms with van der Waals surface area (Å²) >= 11 is 0. The van der Waals surface area contributed by atoms with E-state index in [1.807, 2.05) is 18.9 Å². The molecule has 1 saturated carbocycles. The Morgan fingerprint density at radius 2 is 2.23 bits per heavy atom. The molecule has 1 amide bonds. The number of carbonyl (C=O) groups excluding carboxylic acids is 1. The van der Waals surface area contributed by atoms with Gasteiger partial charge in [-0.1, -0.05) is 6.92 Å². The monoisotopic (exact) mass is 184 g/mol. The van der Waals surface area contributed by atoms with E-state index in [1.54, 1.807) is 0 Å². The zero-order valence-electron chi connectivity index (χ0n) is 8.62. The maximum atomic E-state index is 11.5. The lowest BCUT2D eigenvalue weighted by Gasteiger charge is -2.18. The minimum atomic E-state index is 0.241. The topological polar surface area (TPSA) is 46.3 Å². The molecule has 0 saturated heterocycles. The van der Waals surface area contributed by atoms with Crippen molar-refractivity contribution in [1.82, 2.24) is 4.90 Å². The van der Waals surface area contributed by atoms with Crippen molar-refractivity contribution < 1.29 is 4.79 Å². The van der Waals surface area contributed by atoms with Gasteiger partial charge in [-0.3, -0.25) is 4.79 Å². The summed E-state index contributed by atoms with van der Waals surface area (Å²) in [6.45, 7) is 3.56. The highest BCUT2D eigenvalue weighted by molar-refractivity contribution is 5.76. The van der Waals surface area contributed by atoms with Crippen molar-refractivity contribution in [2.75, 3.05) is 20.1 Å². The highest BCUT2D eigenvalue weighted by Gasteiger charge is 2.24. The molecule has 1 atom stereocenters. The fourth-order valence-electron chi connectivity index (χ4n) is 1.33. The summed E-state index contributed by atoms with van der Waals surface area (Å²) in [4.78, 5) is 13.4. The lowest BCUT2D eigenvalue weighted by atomic mass is 10.1. The van der Waals surface area contributed by atoms with Gasteiger partial charge in [-0.15, -0.1) is 0 Å². The summed E-state index contributed by atoms with van der Waals surface area (Å²) in [7, 11) is 1.89. The molecule has 3 heteroatoms. The molecule has 0 aromatic heterocycles. The molecular formula is C10H20N2O. The van der Waals surface area contributed by atoms with Crippen molar-refractivity contribution in [1.29, 1.82) is 0 Å². The van der Waals surface area contributed by atoms with Crippen LogP contribution in [0.5, 0.6) is 0 Å². The predicted molar refractivity (Wildman–Crippen MR) is 53.2 cm³/mol. The van der Waals surface area contributed by atoms with Crippen LogP contribution in [0.2, 0.25) is 0 Å².